The quantitative estimate of drug-likeness (QED) is 0.563. The Bertz CT molecular complexity index is 668. The van der Waals surface area contributed by atoms with Crippen LogP contribution in [0.3, 0.4) is 0 Å². The van der Waals surface area contributed by atoms with Crippen LogP contribution in [0.25, 0.3) is 21.4 Å². The van der Waals surface area contributed by atoms with E-state index in [0.29, 0.717) is 21.4 Å². The zero-order chi connectivity index (χ0) is 9.54. The highest BCUT2D eigenvalue weighted by Crippen LogP contribution is 2.19. The minimum absolute atomic E-state index is 0.00403. The van der Waals surface area contributed by atoms with Crippen LogP contribution in [0, 0.1) is 0 Å². The Hall–Kier alpha value is -1.68. The topological polar surface area (TPSA) is 43.1 Å². The number of thiazole rings is 1. The summed E-state index contributed by atoms with van der Waals surface area (Å²) in [6.45, 7) is 0. The molecule has 14 heavy (non-hydrogen) atoms. The van der Waals surface area contributed by atoms with Crippen LogP contribution in [-0.2, 0) is 0 Å². The molecule has 0 bridgehead atoms. The molecule has 2 aromatic heterocycles. The van der Waals surface area contributed by atoms with E-state index in [-0.39, 0.29) is 5.43 Å². The Morgan fingerprint density at radius 2 is 2.14 bits per heavy atom. The van der Waals surface area contributed by atoms with Gasteiger partial charge in [-0.2, -0.15) is 0 Å². The predicted octanol–water partition coefficient (Wildman–Crippen LogP) is 2.40. The van der Waals surface area contributed by atoms with Gasteiger partial charge in [0.15, 0.2) is 0 Å². The molecule has 0 amide bonds. The van der Waals surface area contributed by atoms with Crippen LogP contribution in [0.15, 0.2) is 39.0 Å². The second-order valence-electron chi connectivity index (χ2n) is 2.91. The molecule has 0 fully saturated rings. The van der Waals surface area contributed by atoms with Crippen molar-refractivity contribution in [3.8, 4) is 0 Å². The van der Waals surface area contributed by atoms with Crippen molar-refractivity contribution in [3.05, 3.63) is 40.0 Å². The van der Waals surface area contributed by atoms with Gasteiger partial charge in [0.2, 0.25) is 11.1 Å². The lowest BCUT2D eigenvalue weighted by Gasteiger charge is -1.94. The highest BCUT2D eigenvalue weighted by molar-refractivity contribution is 7.16. The van der Waals surface area contributed by atoms with Gasteiger partial charge in [-0.05, 0) is 12.1 Å². The summed E-state index contributed by atoms with van der Waals surface area (Å²) < 4.78 is 6.05. The van der Waals surface area contributed by atoms with Gasteiger partial charge in [-0.15, -0.1) is 11.3 Å². The molecule has 0 radical (unpaired) electrons. The van der Waals surface area contributed by atoms with E-state index in [2.05, 4.69) is 4.98 Å². The number of para-hydroxylation sites is 1. The summed E-state index contributed by atoms with van der Waals surface area (Å²) in [5.41, 5.74) is 2.65. The predicted molar refractivity (Wildman–Crippen MR) is 55.7 cm³/mol. The Morgan fingerprint density at radius 3 is 3.07 bits per heavy atom. The fourth-order valence-corrected chi connectivity index (χ4v) is 2.10. The SMILES string of the molecule is O=c1c2ccccc2oc2ncsc12. The van der Waals surface area contributed by atoms with Crippen LogP contribution in [0.5, 0.6) is 0 Å². The number of nitrogens with zero attached hydrogens (tertiary/aromatic N) is 1. The van der Waals surface area contributed by atoms with E-state index in [1.165, 1.54) is 11.3 Å². The molecule has 3 nitrogen and oxygen atoms in total. The zero-order valence-electron chi connectivity index (χ0n) is 7.06. The fraction of sp³-hybridized carbons (Fsp3) is 0. The average Bonchev–Trinajstić information content (AvgIpc) is 2.66. The number of rotatable bonds is 0. The second kappa shape index (κ2) is 2.65. The first kappa shape index (κ1) is 7.70. The molecule has 0 aliphatic rings. The summed E-state index contributed by atoms with van der Waals surface area (Å²) in [4.78, 5) is 15.8. The van der Waals surface area contributed by atoms with Crippen LogP contribution in [-0.4, -0.2) is 4.98 Å². The first-order valence-corrected chi connectivity index (χ1v) is 4.99. The number of fused-ring (bicyclic) bond motifs is 2. The standard InChI is InChI=1S/C10H5NO2S/c12-8-6-3-1-2-4-7(6)13-10-9(8)14-5-11-10/h1-5H. The number of benzene rings is 1. The van der Waals surface area contributed by atoms with Crippen LogP contribution in [0.2, 0.25) is 0 Å². The lowest BCUT2D eigenvalue weighted by Crippen LogP contribution is -1.99. The van der Waals surface area contributed by atoms with Gasteiger partial charge in [0.25, 0.3) is 0 Å². The number of aromatic nitrogens is 1. The van der Waals surface area contributed by atoms with E-state index in [0.717, 1.165) is 0 Å². The smallest absolute Gasteiger partial charge is 0.241 e. The van der Waals surface area contributed by atoms with Gasteiger partial charge in [0.1, 0.15) is 10.3 Å². The van der Waals surface area contributed by atoms with Crippen LogP contribution in [0.4, 0.5) is 0 Å². The molecular weight excluding hydrogens is 198 g/mol. The van der Waals surface area contributed by atoms with E-state index < -0.39 is 0 Å². The molecule has 2 heterocycles. The molecule has 3 aromatic rings. The van der Waals surface area contributed by atoms with Crippen LogP contribution in [0.1, 0.15) is 0 Å². The van der Waals surface area contributed by atoms with Crippen molar-refractivity contribution < 1.29 is 4.42 Å². The van der Waals surface area contributed by atoms with Gasteiger partial charge in [0.05, 0.1) is 10.9 Å². The molecule has 0 N–H and O–H groups in total. The summed E-state index contributed by atoms with van der Waals surface area (Å²) >= 11 is 1.31. The Morgan fingerprint density at radius 1 is 1.29 bits per heavy atom. The molecule has 0 spiro atoms. The van der Waals surface area contributed by atoms with Crippen molar-refractivity contribution in [3.63, 3.8) is 0 Å². The molecule has 0 unspecified atom stereocenters. The Kier molecular flexibility index (Phi) is 1.46. The monoisotopic (exact) mass is 203 g/mol. The lowest BCUT2D eigenvalue weighted by atomic mass is 10.2. The molecule has 0 saturated heterocycles. The van der Waals surface area contributed by atoms with Crippen molar-refractivity contribution in [2.75, 3.05) is 0 Å². The van der Waals surface area contributed by atoms with Crippen molar-refractivity contribution in [2.45, 2.75) is 0 Å². The third-order valence-corrected chi connectivity index (χ3v) is 2.89. The summed E-state index contributed by atoms with van der Waals surface area (Å²) in [5.74, 6) is 0. The molecular formula is C10H5NO2S. The van der Waals surface area contributed by atoms with Gasteiger partial charge >= 0.3 is 0 Å². The third kappa shape index (κ3) is 0.914. The highest BCUT2D eigenvalue weighted by atomic mass is 32.1. The molecule has 0 atom stereocenters. The minimum atomic E-state index is 0.00403. The summed E-state index contributed by atoms with van der Waals surface area (Å²) in [7, 11) is 0. The number of hydrogen-bond acceptors (Lipinski definition) is 4. The summed E-state index contributed by atoms with van der Waals surface area (Å²) in [5, 5.41) is 0.615. The first-order chi connectivity index (χ1) is 6.86. The number of hydrogen-bond donors (Lipinski definition) is 0. The third-order valence-electron chi connectivity index (χ3n) is 2.08. The molecule has 0 aliphatic carbocycles. The maximum Gasteiger partial charge on any atom is 0.241 e. The average molecular weight is 203 g/mol. The normalized spacial score (nSPS) is 11.1. The van der Waals surface area contributed by atoms with Crippen LogP contribution >= 0.6 is 11.3 Å². The van der Waals surface area contributed by atoms with Gasteiger partial charge in [-0.1, -0.05) is 12.1 Å². The van der Waals surface area contributed by atoms with Gasteiger partial charge in [-0.25, -0.2) is 4.98 Å². The molecule has 4 heteroatoms. The molecule has 0 aliphatic heterocycles. The molecule has 68 valence electrons. The highest BCUT2D eigenvalue weighted by Gasteiger charge is 2.08. The maximum atomic E-state index is 11.9. The Balaban J connectivity index is 2.70. The zero-order valence-corrected chi connectivity index (χ0v) is 7.88. The largest absolute Gasteiger partial charge is 0.437 e. The Labute approximate surface area is 82.6 Å². The van der Waals surface area contributed by atoms with Crippen molar-refractivity contribution in [1.82, 2.24) is 4.98 Å². The van der Waals surface area contributed by atoms with Gasteiger partial charge in [-0.3, -0.25) is 4.79 Å². The van der Waals surface area contributed by atoms with E-state index in [1.807, 2.05) is 12.1 Å². The van der Waals surface area contributed by atoms with Gasteiger partial charge < -0.3 is 4.42 Å². The van der Waals surface area contributed by atoms with Crippen molar-refractivity contribution in [2.24, 2.45) is 0 Å². The lowest BCUT2D eigenvalue weighted by molar-refractivity contribution is 0.647. The van der Waals surface area contributed by atoms with E-state index in [1.54, 1.807) is 17.6 Å². The van der Waals surface area contributed by atoms with E-state index in [9.17, 15) is 4.79 Å². The van der Waals surface area contributed by atoms with Crippen molar-refractivity contribution in [1.29, 1.82) is 0 Å². The molecule has 3 rings (SSSR count). The molecule has 1 aromatic carbocycles. The van der Waals surface area contributed by atoms with Crippen molar-refractivity contribution >= 4 is 32.7 Å². The van der Waals surface area contributed by atoms with E-state index >= 15 is 0 Å². The fourth-order valence-electron chi connectivity index (χ4n) is 1.43. The summed E-state index contributed by atoms with van der Waals surface area (Å²) in [6, 6.07) is 7.20. The maximum absolute atomic E-state index is 11.9. The first-order valence-electron chi connectivity index (χ1n) is 4.11. The van der Waals surface area contributed by atoms with Gasteiger partial charge in [0, 0.05) is 0 Å². The van der Waals surface area contributed by atoms with E-state index in [4.69, 9.17) is 4.42 Å². The second-order valence-corrected chi connectivity index (χ2v) is 3.77. The minimum Gasteiger partial charge on any atom is -0.437 e. The van der Waals surface area contributed by atoms with Crippen LogP contribution < -0.4 is 5.43 Å². The molecule has 0 saturated carbocycles. The summed E-state index contributed by atoms with van der Waals surface area (Å²) in [6.07, 6.45) is 0.